The quantitative estimate of drug-likeness (QED) is 0.450. The summed E-state index contributed by atoms with van der Waals surface area (Å²) in [5, 5.41) is 36.2. The van der Waals surface area contributed by atoms with Gasteiger partial charge in [-0.1, -0.05) is 23.2 Å². The molecule has 3 rings (SSSR count). The summed E-state index contributed by atoms with van der Waals surface area (Å²) < 4.78 is 1.55. The number of aromatic nitrogens is 1. The molecule has 3 N–H and O–H groups in total. The van der Waals surface area contributed by atoms with Crippen LogP contribution in [-0.2, 0) is 0 Å². The Kier molecular flexibility index (Phi) is 5.22. The van der Waals surface area contributed by atoms with Crippen molar-refractivity contribution >= 4 is 40.8 Å². The summed E-state index contributed by atoms with van der Waals surface area (Å²) in [7, 11) is 1.63. The molecule has 26 heavy (non-hydrogen) atoms. The topological polar surface area (TPSA) is 90.3 Å². The summed E-state index contributed by atoms with van der Waals surface area (Å²) in [6, 6.07) is 7.79. The van der Waals surface area contributed by atoms with Gasteiger partial charge in [-0.2, -0.15) is 5.10 Å². The highest BCUT2D eigenvalue weighted by atomic mass is 35.5. The van der Waals surface area contributed by atoms with Crippen LogP contribution in [0.1, 0.15) is 5.56 Å². The number of hydrogen-bond acceptors (Lipinski definition) is 6. The van der Waals surface area contributed by atoms with Crippen molar-refractivity contribution in [2.45, 2.75) is 0 Å². The molecule has 0 amide bonds. The van der Waals surface area contributed by atoms with E-state index in [0.717, 1.165) is 0 Å². The number of aromatic hydroxyl groups is 3. The molecule has 134 valence electrons. The smallest absolute Gasteiger partial charge is 0.205 e. The molecule has 0 saturated heterocycles. The summed E-state index contributed by atoms with van der Waals surface area (Å²) >= 11 is 13.7. The van der Waals surface area contributed by atoms with Gasteiger partial charge in [0.25, 0.3) is 0 Å². The summed E-state index contributed by atoms with van der Waals surface area (Å²) in [6.45, 7) is 0. The van der Waals surface area contributed by atoms with Crippen molar-refractivity contribution in [1.29, 1.82) is 0 Å². The van der Waals surface area contributed by atoms with Crippen LogP contribution in [0.4, 0.5) is 0 Å². The van der Waals surface area contributed by atoms with Crippen LogP contribution < -0.4 is 4.80 Å². The molecule has 0 radical (unpaired) electrons. The van der Waals surface area contributed by atoms with Gasteiger partial charge in [0.1, 0.15) is 0 Å². The zero-order valence-corrected chi connectivity index (χ0v) is 15.7. The first-order chi connectivity index (χ1) is 12.4. The minimum Gasteiger partial charge on any atom is -0.504 e. The van der Waals surface area contributed by atoms with Crippen LogP contribution in [-0.4, -0.2) is 33.3 Å². The van der Waals surface area contributed by atoms with Crippen molar-refractivity contribution in [1.82, 2.24) is 4.68 Å². The lowest BCUT2D eigenvalue weighted by molar-refractivity contribution is 0.367. The van der Waals surface area contributed by atoms with Gasteiger partial charge in [0.2, 0.25) is 10.6 Å². The zero-order valence-electron chi connectivity index (χ0n) is 13.4. The highest BCUT2D eigenvalue weighted by molar-refractivity contribution is 7.07. The number of nitrogens with zero attached hydrogens (tertiary/aromatic N) is 3. The minimum atomic E-state index is -0.609. The van der Waals surface area contributed by atoms with E-state index in [-0.39, 0.29) is 5.56 Å². The second-order valence-electron chi connectivity index (χ2n) is 5.18. The normalized spacial score (nSPS) is 12.2. The van der Waals surface area contributed by atoms with E-state index >= 15 is 0 Å². The average Bonchev–Trinajstić information content (AvgIpc) is 3.04. The molecule has 0 aliphatic carbocycles. The fourth-order valence-corrected chi connectivity index (χ4v) is 3.43. The van der Waals surface area contributed by atoms with E-state index in [4.69, 9.17) is 23.2 Å². The fraction of sp³-hybridized carbons (Fsp3) is 0.0588. The first-order valence-electron chi connectivity index (χ1n) is 7.29. The van der Waals surface area contributed by atoms with Crippen LogP contribution in [0.15, 0.2) is 45.8 Å². The van der Waals surface area contributed by atoms with E-state index < -0.39 is 17.2 Å². The Labute approximate surface area is 162 Å². The van der Waals surface area contributed by atoms with Crippen molar-refractivity contribution in [3.63, 3.8) is 0 Å². The Bertz CT molecular complexity index is 1070. The first-order valence-corrected chi connectivity index (χ1v) is 8.93. The highest BCUT2D eigenvalue weighted by Crippen LogP contribution is 2.36. The van der Waals surface area contributed by atoms with E-state index in [2.05, 4.69) is 10.1 Å². The third-order valence-corrected chi connectivity index (χ3v) is 5.03. The van der Waals surface area contributed by atoms with E-state index in [1.807, 2.05) is 5.38 Å². The van der Waals surface area contributed by atoms with Gasteiger partial charge in [0.15, 0.2) is 11.5 Å². The largest absolute Gasteiger partial charge is 0.504 e. The summed E-state index contributed by atoms with van der Waals surface area (Å²) in [5.41, 5.74) is 1.58. The lowest BCUT2D eigenvalue weighted by Crippen LogP contribution is -2.11. The molecule has 6 nitrogen and oxygen atoms in total. The van der Waals surface area contributed by atoms with Gasteiger partial charge >= 0.3 is 0 Å². The highest BCUT2D eigenvalue weighted by Gasteiger charge is 2.13. The second-order valence-corrected chi connectivity index (χ2v) is 6.86. The van der Waals surface area contributed by atoms with Crippen LogP contribution in [0.5, 0.6) is 17.2 Å². The Morgan fingerprint density at radius 3 is 2.58 bits per heavy atom. The minimum absolute atomic E-state index is 0.226. The van der Waals surface area contributed by atoms with Crippen molar-refractivity contribution in [2.24, 2.45) is 10.1 Å². The second kappa shape index (κ2) is 7.41. The average molecular weight is 410 g/mol. The maximum Gasteiger partial charge on any atom is 0.205 e. The molecule has 0 saturated carbocycles. The SMILES string of the molecule is CN=c1scc(-c2cc(Cl)ccc2Cl)n1N=Cc1ccc(O)c(O)c1O. The molecule has 0 fully saturated rings. The van der Waals surface area contributed by atoms with E-state index in [0.29, 0.717) is 26.1 Å². The fourth-order valence-electron chi connectivity index (χ4n) is 2.25. The number of rotatable bonds is 3. The molecule has 0 unspecified atom stereocenters. The van der Waals surface area contributed by atoms with Crippen molar-refractivity contribution in [2.75, 3.05) is 7.05 Å². The van der Waals surface area contributed by atoms with Crippen LogP contribution in [0, 0.1) is 0 Å². The van der Waals surface area contributed by atoms with Gasteiger partial charge in [-0.25, -0.2) is 4.68 Å². The van der Waals surface area contributed by atoms with E-state index in [1.54, 1.807) is 29.9 Å². The van der Waals surface area contributed by atoms with Gasteiger partial charge < -0.3 is 15.3 Å². The van der Waals surface area contributed by atoms with Gasteiger partial charge in [-0.3, -0.25) is 4.99 Å². The Balaban J connectivity index is 2.13. The lowest BCUT2D eigenvalue weighted by atomic mass is 10.2. The van der Waals surface area contributed by atoms with E-state index in [1.165, 1.54) is 29.7 Å². The molecule has 3 aromatic rings. The summed E-state index contributed by atoms with van der Waals surface area (Å²) in [6.07, 6.45) is 1.35. The lowest BCUT2D eigenvalue weighted by Gasteiger charge is -2.07. The number of phenols is 3. The molecule has 2 aromatic carbocycles. The molecule has 1 heterocycles. The van der Waals surface area contributed by atoms with Gasteiger partial charge in [0.05, 0.1) is 16.9 Å². The molecule has 1 aromatic heterocycles. The number of halogens is 2. The third kappa shape index (κ3) is 3.41. The number of thiazole rings is 1. The van der Waals surface area contributed by atoms with Crippen LogP contribution in [0.3, 0.4) is 0 Å². The summed E-state index contributed by atoms with van der Waals surface area (Å²) in [4.78, 5) is 4.77. The predicted molar refractivity (Wildman–Crippen MR) is 104 cm³/mol. The predicted octanol–water partition coefficient (Wildman–Crippen LogP) is 4.05. The van der Waals surface area contributed by atoms with Crippen LogP contribution >= 0.6 is 34.5 Å². The molecule has 0 bridgehead atoms. The van der Waals surface area contributed by atoms with Gasteiger partial charge in [-0.15, -0.1) is 11.3 Å². The molecule has 0 aliphatic rings. The molecule has 9 heteroatoms. The molecule has 0 atom stereocenters. The van der Waals surface area contributed by atoms with Gasteiger partial charge in [-0.05, 0) is 30.3 Å². The summed E-state index contributed by atoms with van der Waals surface area (Å²) in [5.74, 6) is -1.50. The number of benzene rings is 2. The molecule has 0 aliphatic heterocycles. The van der Waals surface area contributed by atoms with Crippen molar-refractivity contribution in [3.8, 4) is 28.5 Å². The standard InChI is InChI=1S/C17H13Cl2N3O3S/c1-20-17-22(21-7-9-2-5-14(23)16(25)15(9)24)13(8-26-17)11-6-10(18)3-4-12(11)19/h2-8,23-25H,1H3. The van der Waals surface area contributed by atoms with Gasteiger partial charge in [0, 0.05) is 28.6 Å². The van der Waals surface area contributed by atoms with Crippen molar-refractivity contribution < 1.29 is 15.3 Å². The van der Waals surface area contributed by atoms with Crippen molar-refractivity contribution in [3.05, 3.63) is 56.1 Å². The maximum absolute atomic E-state index is 9.93. The molecular formula is C17H13Cl2N3O3S. The number of hydrogen-bond donors (Lipinski definition) is 3. The maximum atomic E-state index is 9.93. The molecular weight excluding hydrogens is 397 g/mol. The zero-order chi connectivity index (χ0) is 18.8. The van der Waals surface area contributed by atoms with Crippen LogP contribution in [0.2, 0.25) is 10.0 Å². The number of phenolic OH excluding ortho intramolecular Hbond substituents is 3. The third-order valence-electron chi connectivity index (χ3n) is 3.55. The van der Waals surface area contributed by atoms with E-state index in [9.17, 15) is 15.3 Å². The Morgan fingerprint density at radius 1 is 1.08 bits per heavy atom. The first kappa shape index (κ1) is 18.3. The Morgan fingerprint density at radius 2 is 1.85 bits per heavy atom. The van der Waals surface area contributed by atoms with Crippen LogP contribution in [0.25, 0.3) is 11.3 Å². The monoisotopic (exact) mass is 409 g/mol. The Hall–Kier alpha value is -2.48. The molecule has 0 spiro atoms.